The van der Waals surface area contributed by atoms with Gasteiger partial charge in [0.15, 0.2) is 0 Å². The molecule has 0 spiro atoms. The minimum atomic E-state index is -4.49. The third-order valence-electron chi connectivity index (χ3n) is 3.66. The number of phosphoric acid groups is 1. The van der Waals surface area contributed by atoms with Crippen molar-refractivity contribution in [1.29, 1.82) is 0 Å². The monoisotopic (exact) mass is 413 g/mol. The van der Waals surface area contributed by atoms with Crippen LogP contribution in [0.1, 0.15) is 40.0 Å². The first-order valence-electron chi connectivity index (χ1n) is 8.24. The fraction of sp³-hybridized carbons (Fsp3) is 0.444. The topological polar surface area (TPSA) is 92.8 Å². The van der Waals surface area contributed by atoms with Crippen LogP contribution >= 0.6 is 30.5 Å². The highest BCUT2D eigenvalue weighted by Gasteiger charge is 2.24. The van der Waals surface area contributed by atoms with Gasteiger partial charge in [0.1, 0.15) is 0 Å². The SMILES string of the molecule is Cc1csc(CCC#Cc2ccc(CCC(C)(N)COP(=O)(O)O)s2)c1. The summed E-state index contributed by atoms with van der Waals surface area (Å²) in [7, 11) is -4.49. The van der Waals surface area contributed by atoms with E-state index in [1.54, 1.807) is 29.6 Å². The van der Waals surface area contributed by atoms with Gasteiger partial charge in [0, 0.05) is 21.7 Å². The molecule has 0 aliphatic heterocycles. The van der Waals surface area contributed by atoms with Crippen molar-refractivity contribution in [2.24, 2.45) is 5.73 Å². The second-order valence-electron chi connectivity index (χ2n) is 6.58. The van der Waals surface area contributed by atoms with E-state index in [0.717, 1.165) is 29.0 Å². The van der Waals surface area contributed by atoms with Crippen molar-refractivity contribution in [2.45, 2.75) is 45.1 Å². The molecule has 0 saturated carbocycles. The smallest absolute Gasteiger partial charge is 0.323 e. The first-order valence-corrected chi connectivity index (χ1v) is 11.5. The number of phosphoric ester groups is 1. The molecule has 0 aliphatic rings. The Balaban J connectivity index is 1.78. The summed E-state index contributed by atoms with van der Waals surface area (Å²) in [6, 6.07) is 6.23. The van der Waals surface area contributed by atoms with E-state index >= 15 is 0 Å². The van der Waals surface area contributed by atoms with Crippen LogP contribution in [0, 0.1) is 18.8 Å². The normalized spacial score (nSPS) is 13.9. The van der Waals surface area contributed by atoms with Crippen LogP contribution < -0.4 is 5.73 Å². The Morgan fingerprint density at radius 2 is 2.08 bits per heavy atom. The van der Waals surface area contributed by atoms with Gasteiger partial charge in [-0.3, -0.25) is 4.52 Å². The van der Waals surface area contributed by atoms with Crippen LogP contribution in [0.4, 0.5) is 0 Å². The quantitative estimate of drug-likeness (QED) is 0.451. The number of hydrogen-bond donors (Lipinski definition) is 3. The van der Waals surface area contributed by atoms with Gasteiger partial charge in [0.2, 0.25) is 0 Å². The molecule has 0 aromatic carbocycles. The molecule has 0 saturated heterocycles. The first kappa shape index (κ1) is 21.3. The summed E-state index contributed by atoms with van der Waals surface area (Å²) < 4.78 is 15.3. The van der Waals surface area contributed by atoms with Gasteiger partial charge in [0.05, 0.1) is 11.5 Å². The summed E-state index contributed by atoms with van der Waals surface area (Å²) in [5.41, 5.74) is 6.55. The number of thiophene rings is 2. The van der Waals surface area contributed by atoms with Crippen molar-refractivity contribution < 1.29 is 18.9 Å². The van der Waals surface area contributed by atoms with Crippen molar-refractivity contribution in [3.63, 3.8) is 0 Å². The molecule has 2 heterocycles. The molecule has 2 rings (SSSR count). The van der Waals surface area contributed by atoms with Crippen LogP contribution in [0.2, 0.25) is 0 Å². The average Bonchev–Trinajstić information content (AvgIpc) is 3.16. The van der Waals surface area contributed by atoms with Crippen LogP contribution in [-0.2, 0) is 21.9 Å². The molecular formula is C18H24NO4PS2. The summed E-state index contributed by atoms with van der Waals surface area (Å²) in [5, 5.41) is 2.16. The van der Waals surface area contributed by atoms with Crippen molar-refractivity contribution in [1.82, 2.24) is 0 Å². The van der Waals surface area contributed by atoms with Gasteiger partial charge < -0.3 is 15.5 Å². The lowest BCUT2D eigenvalue weighted by Crippen LogP contribution is -2.41. The van der Waals surface area contributed by atoms with Crippen molar-refractivity contribution >= 4 is 30.5 Å². The number of hydrogen-bond acceptors (Lipinski definition) is 5. The van der Waals surface area contributed by atoms with Crippen LogP contribution in [0.25, 0.3) is 0 Å². The number of rotatable bonds is 8. The molecule has 142 valence electrons. The molecule has 2 aromatic rings. The Labute approximate surface area is 162 Å². The van der Waals surface area contributed by atoms with E-state index in [-0.39, 0.29) is 6.61 Å². The fourth-order valence-electron chi connectivity index (χ4n) is 2.25. The standard InChI is InChI=1S/C18H24NO4PS2/c1-14-11-17(25-12-14)6-4-3-5-15-7-8-16(26-15)9-10-18(2,19)13-23-24(20,21)22/h7-8,11-12H,4,6,9-10,13,19H2,1-2H3,(H2,20,21,22). The van der Waals surface area contributed by atoms with E-state index in [9.17, 15) is 4.57 Å². The molecule has 0 amide bonds. The lowest BCUT2D eigenvalue weighted by molar-refractivity contribution is 0.154. The molecule has 0 radical (unpaired) electrons. The molecule has 1 unspecified atom stereocenters. The zero-order chi connectivity index (χ0) is 19.2. The van der Waals surface area contributed by atoms with Gasteiger partial charge in [-0.2, -0.15) is 0 Å². The van der Waals surface area contributed by atoms with Gasteiger partial charge in [-0.1, -0.05) is 11.8 Å². The third kappa shape index (κ3) is 8.15. The zero-order valence-electron chi connectivity index (χ0n) is 14.9. The van der Waals surface area contributed by atoms with E-state index in [0.29, 0.717) is 6.42 Å². The highest BCUT2D eigenvalue weighted by atomic mass is 32.1. The highest BCUT2D eigenvalue weighted by molar-refractivity contribution is 7.46. The maximum absolute atomic E-state index is 10.8. The zero-order valence-corrected chi connectivity index (χ0v) is 17.4. The third-order valence-corrected chi connectivity index (χ3v) is 6.30. The summed E-state index contributed by atoms with van der Waals surface area (Å²) in [4.78, 5) is 21.1. The molecule has 26 heavy (non-hydrogen) atoms. The Morgan fingerprint density at radius 1 is 1.31 bits per heavy atom. The first-order chi connectivity index (χ1) is 12.1. The molecule has 4 N–H and O–H groups in total. The lowest BCUT2D eigenvalue weighted by Gasteiger charge is -2.24. The van der Waals surface area contributed by atoms with Crippen LogP contribution in [0.15, 0.2) is 23.6 Å². The minimum absolute atomic E-state index is 0.183. The Morgan fingerprint density at radius 3 is 2.73 bits per heavy atom. The Bertz CT molecular complexity index is 826. The molecule has 2 aromatic heterocycles. The van der Waals surface area contributed by atoms with Gasteiger partial charge in [-0.25, -0.2) is 4.57 Å². The van der Waals surface area contributed by atoms with Gasteiger partial charge in [-0.05, 0) is 62.3 Å². The maximum Gasteiger partial charge on any atom is 0.469 e. The maximum atomic E-state index is 10.8. The van der Waals surface area contributed by atoms with Crippen molar-refractivity contribution in [3.8, 4) is 11.8 Å². The number of nitrogens with two attached hydrogens (primary N) is 1. The molecule has 0 bridgehead atoms. The molecule has 0 aliphatic carbocycles. The largest absolute Gasteiger partial charge is 0.469 e. The van der Waals surface area contributed by atoms with Crippen LogP contribution in [0.3, 0.4) is 0 Å². The molecule has 5 nitrogen and oxygen atoms in total. The summed E-state index contributed by atoms with van der Waals surface area (Å²) in [5.74, 6) is 6.42. The van der Waals surface area contributed by atoms with E-state index in [2.05, 4.69) is 34.7 Å². The second kappa shape index (κ2) is 9.29. The molecule has 1 atom stereocenters. The van der Waals surface area contributed by atoms with E-state index in [1.165, 1.54) is 10.4 Å². The Hall–Kier alpha value is -0.970. The number of aryl methyl sites for hydroxylation is 3. The van der Waals surface area contributed by atoms with E-state index in [4.69, 9.17) is 15.5 Å². The molecule has 0 fully saturated rings. The van der Waals surface area contributed by atoms with Gasteiger partial charge in [-0.15, -0.1) is 22.7 Å². The predicted molar refractivity (Wildman–Crippen MR) is 107 cm³/mol. The Kier molecular flexibility index (Phi) is 7.63. The van der Waals surface area contributed by atoms with Gasteiger partial charge in [0.25, 0.3) is 0 Å². The summed E-state index contributed by atoms with van der Waals surface area (Å²) in [6.45, 7) is 3.64. The van der Waals surface area contributed by atoms with Crippen LogP contribution in [-0.4, -0.2) is 21.9 Å². The van der Waals surface area contributed by atoms with E-state index < -0.39 is 13.4 Å². The highest BCUT2D eigenvalue weighted by Crippen LogP contribution is 2.37. The summed E-state index contributed by atoms with van der Waals surface area (Å²) in [6.07, 6.45) is 3.11. The second-order valence-corrected chi connectivity index (χ2v) is 9.98. The lowest BCUT2D eigenvalue weighted by atomic mass is 9.98. The van der Waals surface area contributed by atoms with E-state index in [1.807, 2.05) is 12.1 Å². The summed E-state index contributed by atoms with van der Waals surface area (Å²) >= 11 is 3.40. The predicted octanol–water partition coefficient (Wildman–Crippen LogP) is 3.86. The molecule has 8 heteroatoms. The van der Waals surface area contributed by atoms with Crippen molar-refractivity contribution in [2.75, 3.05) is 6.61 Å². The van der Waals surface area contributed by atoms with Crippen LogP contribution in [0.5, 0.6) is 0 Å². The van der Waals surface area contributed by atoms with Gasteiger partial charge >= 0.3 is 7.82 Å². The minimum Gasteiger partial charge on any atom is -0.323 e. The fourth-order valence-corrected chi connectivity index (χ4v) is 4.47. The average molecular weight is 414 g/mol. The molecular weight excluding hydrogens is 389 g/mol. The van der Waals surface area contributed by atoms with Crippen molar-refractivity contribution in [3.05, 3.63) is 43.8 Å².